The quantitative estimate of drug-likeness (QED) is 0.724. The van der Waals surface area contributed by atoms with Gasteiger partial charge in [0.25, 0.3) is 0 Å². The molecule has 1 unspecified atom stereocenters. The molecular formula is C15H14Cl2FNO5. The molecule has 130 valence electrons. The van der Waals surface area contributed by atoms with E-state index in [0.29, 0.717) is 15.6 Å². The number of carboxylic acid groups (broad SMARTS) is 2. The fourth-order valence-corrected chi connectivity index (χ4v) is 3.95. The Balaban J connectivity index is 1.76. The molecule has 6 nitrogen and oxygen atoms in total. The first-order chi connectivity index (χ1) is 11.1. The lowest BCUT2D eigenvalue weighted by molar-refractivity contribution is -0.156. The van der Waals surface area contributed by atoms with Crippen molar-refractivity contribution in [2.75, 3.05) is 0 Å². The third kappa shape index (κ3) is 2.30. The summed E-state index contributed by atoms with van der Waals surface area (Å²) in [6.45, 7) is -0.000414. The van der Waals surface area contributed by atoms with Crippen molar-refractivity contribution in [2.45, 2.75) is 30.3 Å². The van der Waals surface area contributed by atoms with Gasteiger partial charge in [-0.05, 0) is 24.1 Å². The molecule has 2 aliphatic carbocycles. The van der Waals surface area contributed by atoms with E-state index in [9.17, 15) is 19.1 Å². The number of alkyl halides is 1. The number of benzene rings is 1. The summed E-state index contributed by atoms with van der Waals surface area (Å²) >= 11 is 11.7. The number of ether oxygens (including phenoxy) is 1. The maximum absolute atomic E-state index is 14.4. The molecule has 9 heteroatoms. The molecule has 3 rings (SSSR count). The first-order valence-corrected chi connectivity index (χ1v) is 7.89. The Hall–Kier alpha value is -1.41. The molecule has 0 amide bonds. The molecule has 1 aromatic rings. The predicted octanol–water partition coefficient (Wildman–Crippen LogP) is 2.10. The molecule has 2 aliphatic rings. The highest BCUT2D eigenvalue weighted by molar-refractivity contribution is 6.42. The van der Waals surface area contributed by atoms with Crippen LogP contribution in [0.15, 0.2) is 18.2 Å². The summed E-state index contributed by atoms with van der Waals surface area (Å²) in [5, 5.41) is 19.1. The van der Waals surface area contributed by atoms with E-state index in [4.69, 9.17) is 38.8 Å². The van der Waals surface area contributed by atoms with E-state index in [0.717, 1.165) is 0 Å². The van der Waals surface area contributed by atoms with Crippen LogP contribution in [0.5, 0.6) is 0 Å². The zero-order valence-corrected chi connectivity index (χ0v) is 13.7. The number of rotatable bonds is 5. The summed E-state index contributed by atoms with van der Waals surface area (Å²) in [5.74, 6) is -5.43. The van der Waals surface area contributed by atoms with E-state index in [1.165, 1.54) is 0 Å². The number of hydrogen-bond acceptors (Lipinski definition) is 4. The van der Waals surface area contributed by atoms with E-state index >= 15 is 0 Å². The van der Waals surface area contributed by atoms with Crippen LogP contribution in [0.2, 0.25) is 10.0 Å². The molecule has 0 bridgehead atoms. The van der Waals surface area contributed by atoms with Gasteiger partial charge in [-0.15, -0.1) is 0 Å². The van der Waals surface area contributed by atoms with Crippen molar-refractivity contribution in [1.82, 2.24) is 0 Å². The van der Waals surface area contributed by atoms with Gasteiger partial charge < -0.3 is 20.7 Å². The number of carbonyl (C=O) groups is 2. The van der Waals surface area contributed by atoms with Crippen molar-refractivity contribution in [3.05, 3.63) is 33.8 Å². The van der Waals surface area contributed by atoms with Crippen LogP contribution in [0.1, 0.15) is 12.0 Å². The van der Waals surface area contributed by atoms with Crippen molar-refractivity contribution in [3.8, 4) is 0 Å². The van der Waals surface area contributed by atoms with E-state index < -0.39 is 41.1 Å². The number of halogens is 3. The fraction of sp³-hybridized carbons (Fsp3) is 0.467. The Morgan fingerprint density at radius 1 is 1.29 bits per heavy atom. The van der Waals surface area contributed by atoms with Crippen LogP contribution in [-0.2, 0) is 20.9 Å². The van der Waals surface area contributed by atoms with Gasteiger partial charge in [0.1, 0.15) is 5.54 Å². The number of carboxylic acids is 2. The molecule has 2 saturated carbocycles. The Morgan fingerprint density at radius 3 is 2.50 bits per heavy atom. The molecule has 5 atom stereocenters. The summed E-state index contributed by atoms with van der Waals surface area (Å²) in [4.78, 5) is 22.7. The molecule has 0 saturated heterocycles. The van der Waals surface area contributed by atoms with Crippen molar-refractivity contribution >= 4 is 35.1 Å². The second kappa shape index (κ2) is 5.56. The van der Waals surface area contributed by atoms with Crippen LogP contribution in [-0.4, -0.2) is 39.5 Å². The Kier molecular flexibility index (Phi) is 4.03. The molecule has 1 aromatic carbocycles. The highest BCUT2D eigenvalue weighted by atomic mass is 35.5. The zero-order valence-electron chi connectivity index (χ0n) is 12.2. The minimum absolute atomic E-state index is 0.000414. The van der Waals surface area contributed by atoms with Gasteiger partial charge in [0.15, 0.2) is 0 Å². The summed E-state index contributed by atoms with van der Waals surface area (Å²) in [6.07, 6.45) is -1.07. The summed E-state index contributed by atoms with van der Waals surface area (Å²) in [6, 6.07) is 4.79. The second-order valence-electron chi connectivity index (χ2n) is 6.18. The predicted molar refractivity (Wildman–Crippen MR) is 82.7 cm³/mol. The Bertz CT molecular complexity index is 732. The van der Waals surface area contributed by atoms with E-state index in [2.05, 4.69) is 0 Å². The van der Waals surface area contributed by atoms with Gasteiger partial charge in [0, 0.05) is 11.8 Å². The normalized spacial score (nSPS) is 37.1. The minimum Gasteiger partial charge on any atom is -0.480 e. The van der Waals surface area contributed by atoms with Crippen LogP contribution in [0.4, 0.5) is 4.39 Å². The maximum atomic E-state index is 14.4. The second-order valence-corrected chi connectivity index (χ2v) is 6.99. The molecular weight excluding hydrogens is 364 g/mol. The monoisotopic (exact) mass is 377 g/mol. The fourth-order valence-electron chi connectivity index (χ4n) is 3.63. The van der Waals surface area contributed by atoms with Gasteiger partial charge in [-0.3, -0.25) is 4.79 Å². The first-order valence-electron chi connectivity index (χ1n) is 7.13. The summed E-state index contributed by atoms with van der Waals surface area (Å²) < 4.78 is 20.0. The topological polar surface area (TPSA) is 110 Å². The lowest BCUT2D eigenvalue weighted by Crippen LogP contribution is -2.60. The van der Waals surface area contributed by atoms with Crippen LogP contribution in [0.3, 0.4) is 0 Å². The summed E-state index contributed by atoms with van der Waals surface area (Å²) in [7, 11) is 0. The van der Waals surface area contributed by atoms with Crippen LogP contribution >= 0.6 is 23.2 Å². The van der Waals surface area contributed by atoms with E-state index in [1.807, 2.05) is 0 Å². The largest absolute Gasteiger partial charge is 0.480 e. The SMILES string of the molecule is N[C@]1(C(=O)O)C2[C@@H](C[C@H]1OCc1ccc(Cl)c(Cl)c1)[C@]2(F)C(=O)O. The third-order valence-electron chi connectivity index (χ3n) is 4.93. The molecule has 24 heavy (non-hydrogen) atoms. The number of hydrogen-bond donors (Lipinski definition) is 3. The molecule has 0 aromatic heterocycles. The van der Waals surface area contributed by atoms with Crippen molar-refractivity contribution < 1.29 is 28.9 Å². The first kappa shape index (κ1) is 17.4. The van der Waals surface area contributed by atoms with Crippen LogP contribution in [0, 0.1) is 11.8 Å². The number of nitrogens with two attached hydrogens (primary N) is 1. The van der Waals surface area contributed by atoms with Gasteiger partial charge in [-0.2, -0.15) is 0 Å². The van der Waals surface area contributed by atoms with Gasteiger partial charge in [0.05, 0.1) is 22.8 Å². The molecule has 0 aliphatic heterocycles. The molecule has 0 radical (unpaired) electrons. The lowest BCUT2D eigenvalue weighted by Gasteiger charge is -2.31. The maximum Gasteiger partial charge on any atom is 0.342 e. The molecule has 0 spiro atoms. The average molecular weight is 378 g/mol. The van der Waals surface area contributed by atoms with Crippen molar-refractivity contribution in [2.24, 2.45) is 17.6 Å². The van der Waals surface area contributed by atoms with Gasteiger partial charge in [-0.25, -0.2) is 9.18 Å². The number of aliphatic carboxylic acids is 2. The smallest absolute Gasteiger partial charge is 0.342 e. The molecule has 2 fully saturated rings. The van der Waals surface area contributed by atoms with E-state index in [1.54, 1.807) is 18.2 Å². The zero-order chi connectivity index (χ0) is 17.9. The van der Waals surface area contributed by atoms with Gasteiger partial charge >= 0.3 is 11.9 Å². The Morgan fingerprint density at radius 2 is 1.96 bits per heavy atom. The highest BCUT2D eigenvalue weighted by Crippen LogP contribution is 2.67. The minimum atomic E-state index is -2.60. The van der Waals surface area contributed by atoms with Crippen LogP contribution < -0.4 is 5.73 Å². The Labute approximate surface area is 146 Å². The van der Waals surface area contributed by atoms with Crippen molar-refractivity contribution in [3.63, 3.8) is 0 Å². The molecule has 4 N–H and O–H groups in total. The number of fused-ring (bicyclic) bond motifs is 1. The van der Waals surface area contributed by atoms with Gasteiger partial charge in [-0.1, -0.05) is 29.3 Å². The van der Waals surface area contributed by atoms with Crippen LogP contribution in [0.25, 0.3) is 0 Å². The third-order valence-corrected chi connectivity index (χ3v) is 5.67. The van der Waals surface area contributed by atoms with E-state index in [-0.39, 0.29) is 13.0 Å². The van der Waals surface area contributed by atoms with Crippen molar-refractivity contribution in [1.29, 1.82) is 0 Å². The lowest BCUT2D eigenvalue weighted by atomic mass is 9.88. The van der Waals surface area contributed by atoms with Gasteiger partial charge in [0.2, 0.25) is 5.67 Å². The molecule has 0 heterocycles. The highest BCUT2D eigenvalue weighted by Gasteiger charge is 2.85. The summed E-state index contributed by atoms with van der Waals surface area (Å²) in [5.41, 5.74) is 1.84. The average Bonchev–Trinajstić information content (AvgIpc) is 2.98. The standard InChI is InChI=1S/C15H14Cl2FNO5/c16-8-2-1-6(3-9(8)17)5-24-10-4-7-11(14(7,18)12(20)21)15(10,19)13(22)23/h1-3,7,10-11H,4-5,19H2,(H,20,21)(H,22,23)/t7-,10-,11?,14-,15+/m1/s1.